The van der Waals surface area contributed by atoms with E-state index < -0.39 is 0 Å². The predicted molar refractivity (Wildman–Crippen MR) is 101 cm³/mol. The molecule has 1 N–H and O–H groups in total. The van der Waals surface area contributed by atoms with Crippen molar-refractivity contribution in [3.8, 4) is 5.75 Å². The first-order valence-electron chi connectivity index (χ1n) is 9.27. The Balaban J connectivity index is 1.63. The van der Waals surface area contributed by atoms with E-state index in [4.69, 9.17) is 4.74 Å². The van der Waals surface area contributed by atoms with E-state index in [1.54, 1.807) is 11.1 Å². The van der Waals surface area contributed by atoms with E-state index in [0.29, 0.717) is 36.4 Å². The Morgan fingerprint density at radius 3 is 2.96 bits per heavy atom. The first-order chi connectivity index (χ1) is 12.6. The van der Waals surface area contributed by atoms with Gasteiger partial charge in [-0.1, -0.05) is 0 Å². The molecule has 136 valence electrons. The van der Waals surface area contributed by atoms with Gasteiger partial charge in [0, 0.05) is 30.8 Å². The summed E-state index contributed by atoms with van der Waals surface area (Å²) in [4.78, 5) is 23.9. The van der Waals surface area contributed by atoms with Crippen molar-refractivity contribution in [2.24, 2.45) is 5.92 Å². The normalized spacial score (nSPS) is 15.5. The summed E-state index contributed by atoms with van der Waals surface area (Å²) in [5.41, 5.74) is 1.79. The average molecular weight is 352 g/mol. The van der Waals surface area contributed by atoms with Crippen molar-refractivity contribution in [2.45, 2.75) is 39.2 Å². The Bertz CT molecular complexity index is 817. The van der Waals surface area contributed by atoms with Crippen LogP contribution in [0, 0.1) is 5.92 Å². The smallest absolute Gasteiger partial charge is 0.259 e. The first-order valence-corrected chi connectivity index (χ1v) is 9.27. The molecule has 26 heavy (non-hydrogen) atoms. The molecule has 6 heteroatoms. The molecule has 2 aromatic rings. The highest BCUT2D eigenvalue weighted by atomic mass is 16.5. The van der Waals surface area contributed by atoms with Crippen molar-refractivity contribution < 1.29 is 9.53 Å². The number of nitrogens with one attached hydrogen (secondary N) is 1. The summed E-state index contributed by atoms with van der Waals surface area (Å²) in [7, 11) is 0. The van der Waals surface area contributed by atoms with Crippen molar-refractivity contribution in [3.63, 3.8) is 0 Å². The van der Waals surface area contributed by atoms with Crippen LogP contribution in [0.3, 0.4) is 0 Å². The molecule has 0 unspecified atom stereocenters. The zero-order valence-corrected chi connectivity index (χ0v) is 15.2. The number of benzene rings is 1. The summed E-state index contributed by atoms with van der Waals surface area (Å²) in [6.07, 6.45) is 4.90. The van der Waals surface area contributed by atoms with Gasteiger partial charge in [-0.3, -0.25) is 9.69 Å². The van der Waals surface area contributed by atoms with Crippen LogP contribution in [0.1, 0.15) is 42.6 Å². The summed E-state index contributed by atoms with van der Waals surface area (Å²) >= 11 is 0. The van der Waals surface area contributed by atoms with Gasteiger partial charge in [-0.15, -0.1) is 0 Å². The molecule has 0 bridgehead atoms. The lowest BCUT2D eigenvalue weighted by molar-refractivity contribution is 0.0985. The number of hydrogen-bond donors (Lipinski definition) is 1. The van der Waals surface area contributed by atoms with Crippen molar-refractivity contribution in [1.29, 1.82) is 0 Å². The van der Waals surface area contributed by atoms with Crippen molar-refractivity contribution in [3.05, 3.63) is 41.6 Å². The number of aromatic nitrogens is 2. The van der Waals surface area contributed by atoms with Gasteiger partial charge in [0.05, 0.1) is 6.61 Å². The second kappa shape index (κ2) is 6.94. The molecule has 1 saturated carbocycles. The van der Waals surface area contributed by atoms with E-state index in [0.717, 1.165) is 17.7 Å². The first kappa shape index (κ1) is 16.8. The lowest BCUT2D eigenvalue weighted by Crippen LogP contribution is -2.34. The molecule has 1 aliphatic carbocycles. The number of rotatable bonds is 6. The van der Waals surface area contributed by atoms with Gasteiger partial charge in [0.1, 0.15) is 11.6 Å². The zero-order chi connectivity index (χ0) is 18.1. The van der Waals surface area contributed by atoms with E-state index in [1.165, 1.54) is 12.8 Å². The Morgan fingerprint density at radius 2 is 2.19 bits per heavy atom. The molecule has 1 aliphatic heterocycles. The number of fused-ring (bicyclic) bond motifs is 1. The highest BCUT2D eigenvalue weighted by Crippen LogP contribution is 2.32. The van der Waals surface area contributed by atoms with Gasteiger partial charge in [0.25, 0.3) is 5.91 Å². The second-order valence-corrected chi connectivity index (χ2v) is 7.32. The zero-order valence-electron chi connectivity index (χ0n) is 15.2. The minimum atomic E-state index is -0.0132. The molecule has 2 heterocycles. The largest absolute Gasteiger partial charge is 0.493 e. The molecular weight excluding hydrogens is 328 g/mol. The van der Waals surface area contributed by atoms with Crippen LogP contribution < -0.4 is 15.0 Å². The fourth-order valence-electron chi connectivity index (χ4n) is 3.14. The summed E-state index contributed by atoms with van der Waals surface area (Å²) in [6.45, 7) is 5.46. The number of hydrogen-bond acceptors (Lipinski definition) is 5. The van der Waals surface area contributed by atoms with Crippen LogP contribution in [0.15, 0.2) is 30.5 Å². The molecule has 0 radical (unpaired) electrons. The highest BCUT2D eigenvalue weighted by molar-refractivity contribution is 6.06. The molecule has 1 aromatic carbocycles. The highest BCUT2D eigenvalue weighted by Gasteiger charge is 2.29. The van der Waals surface area contributed by atoms with E-state index >= 15 is 0 Å². The monoisotopic (exact) mass is 352 g/mol. The van der Waals surface area contributed by atoms with Crippen LogP contribution in [0.25, 0.3) is 0 Å². The number of nitrogens with zero attached hydrogens (tertiary/aromatic N) is 3. The van der Waals surface area contributed by atoms with Gasteiger partial charge in [0.2, 0.25) is 5.95 Å². The van der Waals surface area contributed by atoms with Crippen LogP contribution in [0.5, 0.6) is 5.75 Å². The number of ether oxygens (including phenoxy) is 1. The van der Waals surface area contributed by atoms with Crippen LogP contribution in [0.4, 0.5) is 11.8 Å². The van der Waals surface area contributed by atoms with Crippen LogP contribution in [0.2, 0.25) is 0 Å². The van der Waals surface area contributed by atoms with Crippen molar-refractivity contribution >= 4 is 17.7 Å². The third kappa shape index (κ3) is 3.64. The number of amides is 1. The van der Waals surface area contributed by atoms with E-state index in [-0.39, 0.29) is 11.9 Å². The van der Waals surface area contributed by atoms with E-state index in [9.17, 15) is 4.79 Å². The van der Waals surface area contributed by atoms with Gasteiger partial charge in [-0.05, 0) is 62.4 Å². The molecule has 1 fully saturated rings. The summed E-state index contributed by atoms with van der Waals surface area (Å²) in [5.74, 6) is 2.64. The maximum atomic E-state index is 13.2. The Hall–Kier alpha value is -2.63. The van der Waals surface area contributed by atoms with Crippen molar-refractivity contribution in [1.82, 2.24) is 9.97 Å². The van der Waals surface area contributed by atoms with Gasteiger partial charge in [0.15, 0.2) is 0 Å². The molecule has 0 atom stereocenters. The number of carbonyl (C=O) groups is 1. The molecule has 1 amide bonds. The summed E-state index contributed by atoms with van der Waals surface area (Å²) < 4.78 is 5.55. The molecular formula is C20H24N4O2. The Morgan fingerprint density at radius 1 is 1.35 bits per heavy atom. The minimum absolute atomic E-state index is 0.0132. The Labute approximate surface area is 153 Å². The average Bonchev–Trinajstić information content (AvgIpc) is 3.32. The molecule has 0 spiro atoms. The second-order valence-electron chi connectivity index (χ2n) is 7.32. The molecule has 4 rings (SSSR count). The maximum absolute atomic E-state index is 13.2. The number of anilines is 2. The van der Waals surface area contributed by atoms with Gasteiger partial charge in [-0.2, -0.15) is 4.98 Å². The van der Waals surface area contributed by atoms with Crippen LogP contribution in [-0.4, -0.2) is 35.1 Å². The summed E-state index contributed by atoms with van der Waals surface area (Å²) in [5, 5.41) is 3.20. The SMILES string of the molecule is CC(C)Nc1nccc(N(CC2CC2)C(=O)c2ccc3c(c2)CCO3)n1. The van der Waals surface area contributed by atoms with Gasteiger partial charge < -0.3 is 10.1 Å². The molecule has 1 aromatic heterocycles. The topological polar surface area (TPSA) is 67.4 Å². The number of carbonyl (C=O) groups excluding carboxylic acids is 1. The van der Waals surface area contributed by atoms with Crippen molar-refractivity contribution in [2.75, 3.05) is 23.4 Å². The van der Waals surface area contributed by atoms with Gasteiger partial charge in [-0.25, -0.2) is 4.98 Å². The fraction of sp³-hybridized carbons (Fsp3) is 0.450. The third-order valence-electron chi connectivity index (χ3n) is 4.65. The fourth-order valence-corrected chi connectivity index (χ4v) is 3.14. The predicted octanol–water partition coefficient (Wildman–Crippen LogP) is 3.29. The lowest BCUT2D eigenvalue weighted by atomic mass is 10.1. The quantitative estimate of drug-likeness (QED) is 0.864. The van der Waals surface area contributed by atoms with Crippen LogP contribution in [-0.2, 0) is 6.42 Å². The third-order valence-corrected chi connectivity index (χ3v) is 4.65. The minimum Gasteiger partial charge on any atom is -0.493 e. The molecule has 6 nitrogen and oxygen atoms in total. The maximum Gasteiger partial charge on any atom is 0.259 e. The van der Waals surface area contributed by atoms with Gasteiger partial charge >= 0.3 is 0 Å². The summed E-state index contributed by atoms with van der Waals surface area (Å²) in [6, 6.07) is 7.74. The lowest BCUT2D eigenvalue weighted by Gasteiger charge is -2.22. The van der Waals surface area contributed by atoms with E-state index in [1.807, 2.05) is 38.1 Å². The molecule has 2 aliphatic rings. The van der Waals surface area contributed by atoms with E-state index in [2.05, 4.69) is 15.3 Å². The standard InChI is InChI=1S/C20H24N4O2/c1-13(2)22-20-21-9-7-18(23-20)24(12-14-3-4-14)19(25)16-5-6-17-15(11-16)8-10-26-17/h5-7,9,11,13-14H,3-4,8,10,12H2,1-2H3,(H,21,22,23). The Kier molecular flexibility index (Phi) is 4.49. The molecule has 0 saturated heterocycles. The van der Waals surface area contributed by atoms with Crippen LogP contribution >= 0.6 is 0 Å².